The van der Waals surface area contributed by atoms with Crippen LogP contribution in [0.5, 0.6) is 0 Å². The standard InChI is InChI=1S/C48H35NO/c1-32-19-28-44(49-45-18-9-8-17-43(45)48(32)40-16-10-15-37(29-40)34-13-6-3-7-14-34)39-25-27-42-41-26-24-38(30-46(41)50-47(42)31-39)36-22-20-35(21-23-36)33-11-4-2-5-12-33/h2-18,20-27,29-31H,19,28H2,1H3/b48-32+,49-44+. The summed E-state index contributed by atoms with van der Waals surface area (Å²) in [4.78, 5) is 5.34. The summed E-state index contributed by atoms with van der Waals surface area (Å²) in [7, 11) is 0. The van der Waals surface area contributed by atoms with Crippen molar-refractivity contribution in [1.29, 1.82) is 0 Å². The van der Waals surface area contributed by atoms with E-state index in [2.05, 4.69) is 177 Å². The van der Waals surface area contributed by atoms with E-state index in [1.54, 1.807) is 0 Å². The zero-order chi connectivity index (χ0) is 33.4. The van der Waals surface area contributed by atoms with Crippen molar-refractivity contribution in [2.24, 2.45) is 4.99 Å². The Kier molecular flexibility index (Phi) is 7.55. The van der Waals surface area contributed by atoms with Crippen LogP contribution < -0.4 is 0 Å². The summed E-state index contributed by atoms with van der Waals surface area (Å²) in [6, 6.07) is 60.5. The van der Waals surface area contributed by atoms with Gasteiger partial charge in [-0.2, -0.15) is 0 Å². The smallest absolute Gasteiger partial charge is 0.136 e. The number of benzene rings is 7. The van der Waals surface area contributed by atoms with Crippen molar-refractivity contribution in [2.75, 3.05) is 0 Å². The van der Waals surface area contributed by atoms with Crippen LogP contribution in [-0.4, -0.2) is 5.71 Å². The molecule has 2 heterocycles. The second-order valence-corrected chi connectivity index (χ2v) is 13.1. The van der Waals surface area contributed by atoms with Gasteiger partial charge in [-0.05, 0) is 106 Å². The van der Waals surface area contributed by atoms with Crippen molar-refractivity contribution < 1.29 is 4.42 Å². The molecule has 1 aliphatic heterocycles. The van der Waals surface area contributed by atoms with Crippen LogP contribution >= 0.6 is 0 Å². The fourth-order valence-corrected chi connectivity index (χ4v) is 7.36. The topological polar surface area (TPSA) is 25.5 Å². The molecule has 2 nitrogen and oxygen atoms in total. The zero-order valence-corrected chi connectivity index (χ0v) is 27.9. The van der Waals surface area contributed by atoms with Gasteiger partial charge in [0.1, 0.15) is 11.2 Å². The van der Waals surface area contributed by atoms with Gasteiger partial charge in [0.25, 0.3) is 0 Å². The maximum Gasteiger partial charge on any atom is 0.136 e. The minimum absolute atomic E-state index is 0.844. The quantitative estimate of drug-likeness (QED) is 0.184. The monoisotopic (exact) mass is 641 g/mol. The molecule has 7 aromatic carbocycles. The molecule has 9 rings (SSSR count). The van der Waals surface area contributed by atoms with E-state index in [4.69, 9.17) is 9.41 Å². The molecule has 1 aliphatic rings. The molecule has 0 aliphatic carbocycles. The third-order valence-corrected chi connectivity index (χ3v) is 9.98. The first-order chi connectivity index (χ1) is 24.7. The van der Waals surface area contributed by atoms with E-state index in [-0.39, 0.29) is 0 Å². The molecule has 8 aromatic rings. The number of aliphatic imine (C=N–C) groups is 1. The largest absolute Gasteiger partial charge is 0.456 e. The van der Waals surface area contributed by atoms with E-state index in [1.165, 1.54) is 50.1 Å². The van der Waals surface area contributed by atoms with Crippen LogP contribution in [0.4, 0.5) is 5.69 Å². The molecule has 0 bridgehead atoms. The number of allylic oxidation sites excluding steroid dienone is 1. The Hall–Kier alpha value is -6.25. The van der Waals surface area contributed by atoms with Gasteiger partial charge in [0.05, 0.1) is 5.69 Å². The minimum atomic E-state index is 0.844. The van der Waals surface area contributed by atoms with Crippen LogP contribution in [0.2, 0.25) is 0 Å². The molecular formula is C48H35NO. The van der Waals surface area contributed by atoms with Crippen molar-refractivity contribution in [3.63, 3.8) is 0 Å². The van der Waals surface area contributed by atoms with Crippen LogP contribution in [-0.2, 0) is 0 Å². The van der Waals surface area contributed by atoms with Gasteiger partial charge >= 0.3 is 0 Å². The molecule has 1 aromatic heterocycles. The molecule has 50 heavy (non-hydrogen) atoms. The number of furan rings is 1. The highest BCUT2D eigenvalue weighted by Crippen LogP contribution is 2.39. The molecule has 0 N–H and O–H groups in total. The van der Waals surface area contributed by atoms with E-state index >= 15 is 0 Å². The average Bonchev–Trinajstić information content (AvgIpc) is 3.54. The lowest BCUT2D eigenvalue weighted by Gasteiger charge is -2.20. The van der Waals surface area contributed by atoms with Gasteiger partial charge in [0.15, 0.2) is 0 Å². The fraction of sp³-hybridized carbons (Fsp3) is 0.0625. The highest BCUT2D eigenvalue weighted by Gasteiger charge is 2.19. The van der Waals surface area contributed by atoms with Crippen molar-refractivity contribution >= 4 is 38.9 Å². The number of para-hydroxylation sites is 1. The Bertz CT molecular complexity index is 2570. The van der Waals surface area contributed by atoms with Gasteiger partial charge in [-0.3, -0.25) is 4.99 Å². The average molecular weight is 642 g/mol. The van der Waals surface area contributed by atoms with Crippen LogP contribution in [0.1, 0.15) is 36.5 Å². The van der Waals surface area contributed by atoms with Crippen molar-refractivity contribution in [3.05, 3.63) is 192 Å². The molecule has 238 valence electrons. The number of hydrogen-bond acceptors (Lipinski definition) is 2. The summed E-state index contributed by atoms with van der Waals surface area (Å²) in [6.45, 7) is 2.28. The molecule has 0 unspecified atom stereocenters. The second-order valence-electron chi connectivity index (χ2n) is 13.1. The summed E-state index contributed by atoms with van der Waals surface area (Å²) in [5.74, 6) is 0. The highest BCUT2D eigenvalue weighted by molar-refractivity contribution is 6.10. The van der Waals surface area contributed by atoms with E-state index in [0.717, 1.165) is 57.3 Å². The van der Waals surface area contributed by atoms with Crippen LogP contribution in [0.3, 0.4) is 0 Å². The zero-order valence-electron chi connectivity index (χ0n) is 27.9. The molecule has 0 saturated carbocycles. The molecule has 0 spiro atoms. The van der Waals surface area contributed by atoms with E-state index < -0.39 is 0 Å². The third-order valence-electron chi connectivity index (χ3n) is 9.98. The van der Waals surface area contributed by atoms with Gasteiger partial charge in [-0.15, -0.1) is 0 Å². The van der Waals surface area contributed by atoms with Crippen LogP contribution in [0.25, 0.3) is 60.9 Å². The normalized spacial score (nSPS) is 15.7. The minimum Gasteiger partial charge on any atom is -0.456 e. The Morgan fingerprint density at radius 3 is 1.64 bits per heavy atom. The number of rotatable bonds is 5. The molecule has 0 fully saturated rings. The van der Waals surface area contributed by atoms with E-state index in [1.807, 2.05) is 0 Å². The fourth-order valence-electron chi connectivity index (χ4n) is 7.36. The predicted molar refractivity (Wildman–Crippen MR) is 210 cm³/mol. The van der Waals surface area contributed by atoms with E-state index in [9.17, 15) is 0 Å². The number of fused-ring (bicyclic) bond motifs is 4. The molecule has 0 radical (unpaired) electrons. The maximum atomic E-state index is 6.54. The van der Waals surface area contributed by atoms with Gasteiger partial charge in [-0.1, -0.05) is 139 Å². The summed E-state index contributed by atoms with van der Waals surface area (Å²) < 4.78 is 6.54. The molecule has 2 heteroatoms. The molecular weight excluding hydrogens is 607 g/mol. The maximum absolute atomic E-state index is 6.54. The Morgan fingerprint density at radius 1 is 0.420 bits per heavy atom. The Labute approximate surface area is 292 Å². The Balaban J connectivity index is 1.05. The third kappa shape index (κ3) is 5.55. The predicted octanol–water partition coefficient (Wildman–Crippen LogP) is 13.3. The lowest BCUT2D eigenvalue weighted by molar-refractivity contribution is 0.669. The first-order valence-electron chi connectivity index (χ1n) is 17.3. The second kappa shape index (κ2) is 12.7. The van der Waals surface area contributed by atoms with Gasteiger partial charge < -0.3 is 4.42 Å². The number of hydrogen-bond donors (Lipinski definition) is 0. The van der Waals surface area contributed by atoms with Crippen LogP contribution in [0.15, 0.2) is 185 Å². The lowest BCUT2D eigenvalue weighted by Crippen LogP contribution is -2.05. The summed E-state index contributed by atoms with van der Waals surface area (Å²) >= 11 is 0. The molecule has 0 amide bonds. The lowest BCUT2D eigenvalue weighted by atomic mass is 9.87. The first kappa shape index (κ1) is 29.9. The summed E-state index contributed by atoms with van der Waals surface area (Å²) in [5.41, 5.74) is 17.2. The van der Waals surface area contributed by atoms with Gasteiger partial charge in [0.2, 0.25) is 0 Å². The summed E-state index contributed by atoms with van der Waals surface area (Å²) in [5, 5.41) is 2.25. The molecule has 0 saturated heterocycles. The van der Waals surface area contributed by atoms with Crippen molar-refractivity contribution in [2.45, 2.75) is 19.8 Å². The Morgan fingerprint density at radius 2 is 0.920 bits per heavy atom. The highest BCUT2D eigenvalue weighted by atomic mass is 16.3. The number of nitrogens with zero attached hydrogens (tertiary/aromatic N) is 1. The van der Waals surface area contributed by atoms with Crippen LogP contribution in [0, 0.1) is 0 Å². The SMILES string of the molecule is C/C1=C(/c2cccc(-c3ccccc3)c2)c2ccccc2/N=C(/c2ccc3c(c2)oc2cc(-c4ccc(-c5ccccc5)cc4)ccc23)CC1. The first-order valence-corrected chi connectivity index (χ1v) is 17.3. The van der Waals surface area contributed by atoms with Crippen molar-refractivity contribution in [1.82, 2.24) is 0 Å². The van der Waals surface area contributed by atoms with Crippen molar-refractivity contribution in [3.8, 4) is 33.4 Å². The molecule has 0 atom stereocenters. The van der Waals surface area contributed by atoms with Gasteiger partial charge in [-0.25, -0.2) is 0 Å². The van der Waals surface area contributed by atoms with E-state index in [0.29, 0.717) is 0 Å². The van der Waals surface area contributed by atoms with Gasteiger partial charge in [0, 0.05) is 22.0 Å². The summed E-state index contributed by atoms with van der Waals surface area (Å²) in [6.07, 6.45) is 1.76.